The lowest BCUT2D eigenvalue weighted by molar-refractivity contribution is -0.113. The van der Waals surface area contributed by atoms with Crippen LogP contribution in [0.5, 0.6) is 0 Å². The van der Waals surface area contributed by atoms with E-state index < -0.39 is 0 Å². The van der Waals surface area contributed by atoms with Crippen LogP contribution in [0.1, 0.15) is 35.0 Å². The summed E-state index contributed by atoms with van der Waals surface area (Å²) in [6.07, 6.45) is 0.765. The van der Waals surface area contributed by atoms with Gasteiger partial charge in [0.25, 0.3) is 5.56 Å². The Hall–Kier alpha value is -2.26. The normalized spacial score (nSPS) is 12.5. The fraction of sp³-hybridized carbons (Fsp3) is 0.333. The number of thioether (sulfide) groups is 2. The molecule has 7 nitrogen and oxygen atoms in total. The van der Waals surface area contributed by atoms with Gasteiger partial charge in [0, 0.05) is 22.8 Å². The van der Waals surface area contributed by atoms with Gasteiger partial charge in [-0.2, -0.15) is 11.8 Å². The van der Waals surface area contributed by atoms with Crippen molar-refractivity contribution in [3.8, 4) is 0 Å². The Bertz CT molecular complexity index is 896. The van der Waals surface area contributed by atoms with Gasteiger partial charge in [0.1, 0.15) is 0 Å². The first kappa shape index (κ1) is 19.5. The summed E-state index contributed by atoms with van der Waals surface area (Å²) in [7, 11) is 0. The van der Waals surface area contributed by atoms with E-state index in [9.17, 15) is 14.4 Å². The Morgan fingerprint density at radius 2 is 2.07 bits per heavy atom. The van der Waals surface area contributed by atoms with Crippen LogP contribution in [0.4, 0.5) is 5.69 Å². The van der Waals surface area contributed by atoms with Crippen molar-refractivity contribution >= 4 is 41.1 Å². The van der Waals surface area contributed by atoms with Gasteiger partial charge in [0.05, 0.1) is 23.6 Å². The Morgan fingerprint density at radius 1 is 1.30 bits per heavy atom. The molecule has 1 aliphatic heterocycles. The fourth-order valence-corrected chi connectivity index (χ4v) is 4.12. The van der Waals surface area contributed by atoms with Gasteiger partial charge in [0.2, 0.25) is 5.91 Å². The highest BCUT2D eigenvalue weighted by molar-refractivity contribution is 7.99. The topological polar surface area (TPSA) is 101 Å². The predicted octanol–water partition coefficient (Wildman–Crippen LogP) is 2.81. The zero-order valence-electron chi connectivity index (χ0n) is 14.7. The van der Waals surface area contributed by atoms with Crippen LogP contribution < -0.4 is 10.9 Å². The van der Waals surface area contributed by atoms with Crippen LogP contribution in [0.2, 0.25) is 0 Å². The number of fused-ring (bicyclic) bond motifs is 1. The van der Waals surface area contributed by atoms with E-state index in [-0.39, 0.29) is 23.2 Å². The number of aromatic amines is 1. The van der Waals surface area contributed by atoms with E-state index >= 15 is 0 Å². The second-order valence-corrected chi connectivity index (χ2v) is 7.79. The number of amides is 1. The molecule has 0 fully saturated rings. The maximum absolute atomic E-state index is 12.1. The maximum atomic E-state index is 12.1. The number of benzene rings is 1. The van der Waals surface area contributed by atoms with Crippen LogP contribution in [0.3, 0.4) is 0 Å². The molecule has 1 aromatic heterocycles. The average Bonchev–Trinajstić information content (AvgIpc) is 3.14. The molecule has 2 aromatic rings. The molecule has 2 N–H and O–H groups in total. The molecular formula is C18H19N3O4S2. The monoisotopic (exact) mass is 405 g/mol. The first-order valence-electron chi connectivity index (χ1n) is 8.46. The van der Waals surface area contributed by atoms with Crippen molar-refractivity contribution < 1.29 is 14.3 Å². The van der Waals surface area contributed by atoms with Crippen molar-refractivity contribution in [3.63, 3.8) is 0 Å². The molecule has 0 bridgehead atoms. The van der Waals surface area contributed by atoms with Crippen molar-refractivity contribution in [1.82, 2.24) is 9.97 Å². The molecule has 0 atom stereocenters. The second kappa shape index (κ2) is 9.09. The molecule has 0 aliphatic carbocycles. The summed E-state index contributed by atoms with van der Waals surface area (Å²) >= 11 is 2.84. The molecule has 0 unspecified atom stereocenters. The second-order valence-electron chi connectivity index (χ2n) is 5.84. The van der Waals surface area contributed by atoms with E-state index in [1.807, 2.05) is 6.92 Å². The number of H-pyrrole nitrogens is 1. The number of hydrogen-bond acceptors (Lipinski definition) is 7. The van der Waals surface area contributed by atoms with E-state index in [2.05, 4.69) is 15.3 Å². The van der Waals surface area contributed by atoms with Crippen LogP contribution in [0.25, 0.3) is 0 Å². The number of carbonyl (C=O) groups excluding carboxylic acids is 2. The summed E-state index contributed by atoms with van der Waals surface area (Å²) in [6, 6.07) is 6.52. The minimum absolute atomic E-state index is 0.120. The number of ether oxygens (including phenoxy) is 1. The van der Waals surface area contributed by atoms with Crippen LogP contribution in [-0.4, -0.2) is 34.2 Å². The molecule has 0 saturated heterocycles. The minimum Gasteiger partial charge on any atom is -0.462 e. The van der Waals surface area contributed by atoms with Crippen molar-refractivity contribution in [1.29, 1.82) is 0 Å². The van der Waals surface area contributed by atoms with Gasteiger partial charge >= 0.3 is 5.97 Å². The molecule has 142 valence electrons. The highest BCUT2D eigenvalue weighted by Crippen LogP contribution is 2.26. The number of nitrogens with zero attached hydrogens (tertiary/aromatic N) is 1. The van der Waals surface area contributed by atoms with E-state index in [0.29, 0.717) is 28.8 Å². The number of esters is 1. The lowest BCUT2D eigenvalue weighted by atomic mass is 10.2. The van der Waals surface area contributed by atoms with Gasteiger partial charge in [-0.25, -0.2) is 9.78 Å². The van der Waals surface area contributed by atoms with Crippen LogP contribution >= 0.6 is 23.5 Å². The van der Waals surface area contributed by atoms with E-state index in [0.717, 1.165) is 23.4 Å². The minimum atomic E-state index is -0.380. The third-order valence-electron chi connectivity index (χ3n) is 3.75. The van der Waals surface area contributed by atoms with E-state index in [1.165, 1.54) is 11.8 Å². The number of aromatic nitrogens is 2. The predicted molar refractivity (Wildman–Crippen MR) is 106 cm³/mol. The van der Waals surface area contributed by atoms with Gasteiger partial charge < -0.3 is 15.0 Å². The molecule has 9 heteroatoms. The Labute approximate surface area is 164 Å². The zero-order chi connectivity index (χ0) is 19.2. The summed E-state index contributed by atoms with van der Waals surface area (Å²) in [6.45, 7) is 2.31. The fourth-order valence-electron chi connectivity index (χ4n) is 2.41. The number of anilines is 1. The largest absolute Gasteiger partial charge is 0.462 e. The molecule has 0 saturated carbocycles. The van der Waals surface area contributed by atoms with Crippen molar-refractivity contribution in [2.75, 3.05) is 17.7 Å². The maximum Gasteiger partial charge on any atom is 0.338 e. The van der Waals surface area contributed by atoms with Gasteiger partial charge in [-0.05, 0) is 30.7 Å². The molecular weight excluding hydrogens is 386 g/mol. The van der Waals surface area contributed by atoms with Crippen molar-refractivity contribution in [2.45, 2.75) is 30.0 Å². The van der Waals surface area contributed by atoms with Crippen LogP contribution in [-0.2, 0) is 21.0 Å². The number of hydrogen-bond donors (Lipinski definition) is 2. The number of rotatable bonds is 7. The number of carbonyl (C=O) groups is 2. The molecule has 3 rings (SSSR count). The molecule has 0 radical (unpaired) electrons. The molecule has 2 heterocycles. The SMILES string of the molecule is CCCOC(=O)c1ccc(NC(=O)CSc2nc3c(c(=O)[nH]2)CSC3)cc1. The molecule has 0 spiro atoms. The smallest absolute Gasteiger partial charge is 0.338 e. The average molecular weight is 406 g/mol. The zero-order valence-corrected chi connectivity index (χ0v) is 16.4. The Kier molecular flexibility index (Phi) is 6.57. The molecule has 27 heavy (non-hydrogen) atoms. The van der Waals surface area contributed by atoms with Crippen LogP contribution in [0.15, 0.2) is 34.2 Å². The standard InChI is InChI=1S/C18H19N3O4S2/c1-2-7-25-17(24)11-3-5-12(6-4-11)19-15(22)10-27-18-20-14-9-26-8-13(14)16(23)21-18/h3-6H,2,7-10H2,1H3,(H,19,22)(H,20,21,23). The first-order chi connectivity index (χ1) is 13.1. The molecule has 1 amide bonds. The van der Waals surface area contributed by atoms with Gasteiger partial charge in [0.15, 0.2) is 5.16 Å². The van der Waals surface area contributed by atoms with Crippen molar-refractivity contribution in [2.24, 2.45) is 0 Å². The van der Waals surface area contributed by atoms with E-state index in [1.54, 1.807) is 36.0 Å². The summed E-state index contributed by atoms with van der Waals surface area (Å²) in [5.74, 6) is 0.931. The Balaban J connectivity index is 1.53. The summed E-state index contributed by atoms with van der Waals surface area (Å²) in [4.78, 5) is 43.0. The lowest BCUT2D eigenvalue weighted by Gasteiger charge is -2.07. The van der Waals surface area contributed by atoms with Gasteiger partial charge in [-0.3, -0.25) is 9.59 Å². The lowest BCUT2D eigenvalue weighted by Crippen LogP contribution is -2.17. The summed E-state index contributed by atoms with van der Waals surface area (Å²) in [5, 5.41) is 3.20. The first-order valence-corrected chi connectivity index (χ1v) is 10.6. The highest BCUT2D eigenvalue weighted by Gasteiger charge is 2.18. The summed E-state index contributed by atoms with van der Waals surface area (Å²) < 4.78 is 5.06. The highest BCUT2D eigenvalue weighted by atomic mass is 32.2. The van der Waals surface area contributed by atoms with Crippen molar-refractivity contribution in [3.05, 3.63) is 51.4 Å². The molecule has 1 aromatic carbocycles. The van der Waals surface area contributed by atoms with Gasteiger partial charge in [-0.1, -0.05) is 18.7 Å². The van der Waals surface area contributed by atoms with Crippen LogP contribution in [0, 0.1) is 0 Å². The third-order valence-corrected chi connectivity index (χ3v) is 5.59. The third kappa shape index (κ3) is 5.14. The van der Waals surface area contributed by atoms with Gasteiger partial charge in [-0.15, -0.1) is 0 Å². The Morgan fingerprint density at radius 3 is 2.81 bits per heavy atom. The quantitative estimate of drug-likeness (QED) is 0.415. The summed E-state index contributed by atoms with van der Waals surface area (Å²) in [5.41, 5.74) is 2.43. The van der Waals surface area contributed by atoms with E-state index in [4.69, 9.17) is 4.74 Å². The number of nitrogens with one attached hydrogen (secondary N) is 2. The molecule has 1 aliphatic rings.